The fourth-order valence-electron chi connectivity index (χ4n) is 9.87. The molecule has 268 valence electrons. The highest BCUT2D eigenvalue weighted by atomic mass is 15.0. The van der Waals surface area contributed by atoms with Gasteiger partial charge in [-0.1, -0.05) is 140 Å². The van der Waals surface area contributed by atoms with E-state index in [1.165, 1.54) is 76.6 Å². The SMILES string of the molecule is c1ccc(-c2nc(-c3ccc(-n4c5ccccc5c5c6c7ccccc7n(-c7ccccc7)c6c6c(c54)-c4cccc5cccc-6c45)cc3)nc3ccccc23)cc1. The molecule has 58 heavy (non-hydrogen) atoms. The molecule has 0 aliphatic heterocycles. The van der Waals surface area contributed by atoms with Gasteiger partial charge in [0.15, 0.2) is 5.82 Å². The quantitative estimate of drug-likeness (QED) is 0.180. The fraction of sp³-hybridized carbons (Fsp3) is 0. The van der Waals surface area contributed by atoms with Crippen LogP contribution in [0.1, 0.15) is 0 Å². The molecule has 0 spiro atoms. The van der Waals surface area contributed by atoms with Gasteiger partial charge in [0.05, 0.1) is 33.3 Å². The van der Waals surface area contributed by atoms with Crippen molar-refractivity contribution < 1.29 is 0 Å². The van der Waals surface area contributed by atoms with Crippen LogP contribution in [0.3, 0.4) is 0 Å². The Balaban J connectivity index is 1.14. The fourth-order valence-corrected chi connectivity index (χ4v) is 9.87. The molecule has 1 aliphatic rings. The molecule has 4 nitrogen and oxygen atoms in total. The number of fused-ring (bicyclic) bond motifs is 13. The Morgan fingerprint density at radius 1 is 0.345 bits per heavy atom. The van der Waals surface area contributed by atoms with E-state index in [9.17, 15) is 0 Å². The van der Waals surface area contributed by atoms with Gasteiger partial charge >= 0.3 is 0 Å². The summed E-state index contributed by atoms with van der Waals surface area (Å²) in [5.41, 5.74) is 16.1. The zero-order chi connectivity index (χ0) is 37.9. The molecule has 4 heteroatoms. The third kappa shape index (κ3) is 4.23. The molecule has 0 amide bonds. The highest BCUT2D eigenvalue weighted by molar-refractivity contribution is 6.38. The van der Waals surface area contributed by atoms with Crippen LogP contribution in [0.5, 0.6) is 0 Å². The first-order chi connectivity index (χ1) is 28.8. The molecule has 3 heterocycles. The lowest BCUT2D eigenvalue weighted by atomic mass is 9.95. The van der Waals surface area contributed by atoms with Crippen LogP contribution in [0.2, 0.25) is 0 Å². The van der Waals surface area contributed by atoms with E-state index in [-0.39, 0.29) is 0 Å². The zero-order valence-electron chi connectivity index (χ0n) is 31.3. The summed E-state index contributed by atoms with van der Waals surface area (Å²) < 4.78 is 5.00. The maximum absolute atomic E-state index is 5.20. The molecule has 0 fully saturated rings. The lowest BCUT2D eigenvalue weighted by Crippen LogP contribution is -1.99. The molecular weight excluding hydrogens is 705 g/mol. The van der Waals surface area contributed by atoms with Crippen molar-refractivity contribution in [1.29, 1.82) is 0 Å². The number of nitrogens with zero attached hydrogens (tertiary/aromatic N) is 4. The van der Waals surface area contributed by atoms with Crippen molar-refractivity contribution in [2.45, 2.75) is 0 Å². The van der Waals surface area contributed by atoms with E-state index < -0.39 is 0 Å². The van der Waals surface area contributed by atoms with Crippen LogP contribution in [0, 0.1) is 0 Å². The minimum absolute atomic E-state index is 0.713. The van der Waals surface area contributed by atoms with Gasteiger partial charge in [0, 0.05) is 60.6 Å². The summed E-state index contributed by atoms with van der Waals surface area (Å²) >= 11 is 0. The van der Waals surface area contributed by atoms with Crippen molar-refractivity contribution >= 4 is 65.3 Å². The summed E-state index contributed by atoms with van der Waals surface area (Å²) in [5.74, 6) is 0.713. The minimum atomic E-state index is 0.713. The van der Waals surface area contributed by atoms with Crippen LogP contribution in [0.4, 0.5) is 0 Å². The van der Waals surface area contributed by atoms with E-state index in [2.05, 4.69) is 191 Å². The third-order valence-corrected chi connectivity index (χ3v) is 12.2. The van der Waals surface area contributed by atoms with Crippen LogP contribution in [0.25, 0.3) is 122 Å². The van der Waals surface area contributed by atoms with Crippen molar-refractivity contribution in [2.24, 2.45) is 0 Å². The molecule has 0 saturated heterocycles. The van der Waals surface area contributed by atoms with Gasteiger partial charge in [0.2, 0.25) is 0 Å². The highest BCUT2D eigenvalue weighted by Gasteiger charge is 2.33. The first-order valence-corrected chi connectivity index (χ1v) is 19.8. The highest BCUT2D eigenvalue weighted by Crippen LogP contribution is 2.57. The monoisotopic (exact) mass is 736 g/mol. The topological polar surface area (TPSA) is 35.6 Å². The van der Waals surface area contributed by atoms with Gasteiger partial charge in [-0.25, -0.2) is 9.97 Å². The predicted molar refractivity (Wildman–Crippen MR) is 241 cm³/mol. The molecule has 0 N–H and O–H groups in total. The molecular formula is C54H32N4. The maximum Gasteiger partial charge on any atom is 0.160 e. The Hall–Kier alpha value is -7.82. The molecule has 0 bridgehead atoms. The van der Waals surface area contributed by atoms with Crippen LogP contribution in [0.15, 0.2) is 194 Å². The zero-order valence-corrected chi connectivity index (χ0v) is 31.3. The van der Waals surface area contributed by atoms with Gasteiger partial charge in [-0.2, -0.15) is 0 Å². The van der Waals surface area contributed by atoms with Gasteiger partial charge in [0.25, 0.3) is 0 Å². The normalized spacial score (nSPS) is 12.1. The van der Waals surface area contributed by atoms with Crippen LogP contribution in [-0.4, -0.2) is 19.1 Å². The van der Waals surface area contributed by atoms with E-state index in [1.54, 1.807) is 0 Å². The Labute approximate surface area is 333 Å². The second-order valence-electron chi connectivity index (χ2n) is 15.3. The van der Waals surface area contributed by atoms with Crippen LogP contribution >= 0.6 is 0 Å². The van der Waals surface area contributed by atoms with Gasteiger partial charge in [-0.05, 0) is 76.5 Å². The van der Waals surface area contributed by atoms with Crippen molar-refractivity contribution in [3.05, 3.63) is 194 Å². The molecule has 0 saturated carbocycles. The number of rotatable bonds is 4. The lowest BCUT2D eigenvalue weighted by Gasteiger charge is -2.16. The van der Waals surface area contributed by atoms with Gasteiger partial charge < -0.3 is 9.13 Å². The second-order valence-corrected chi connectivity index (χ2v) is 15.3. The average Bonchev–Trinajstić information content (AvgIpc) is 3.94. The molecule has 3 aromatic heterocycles. The van der Waals surface area contributed by atoms with Crippen LogP contribution in [-0.2, 0) is 0 Å². The summed E-state index contributed by atoms with van der Waals surface area (Å²) in [4.78, 5) is 10.3. The molecule has 0 atom stereocenters. The Morgan fingerprint density at radius 2 is 0.862 bits per heavy atom. The maximum atomic E-state index is 5.20. The van der Waals surface area contributed by atoms with Gasteiger partial charge in [-0.15, -0.1) is 0 Å². The number of hydrogen-bond donors (Lipinski definition) is 0. The first-order valence-electron chi connectivity index (χ1n) is 19.8. The van der Waals surface area contributed by atoms with E-state index in [4.69, 9.17) is 9.97 Å². The van der Waals surface area contributed by atoms with Crippen molar-refractivity contribution in [3.63, 3.8) is 0 Å². The molecule has 1 aliphatic carbocycles. The standard InChI is InChI=1S/C54H32N4/c1-3-15-34(16-4-1)51-38-21-7-10-26-43(38)55-54(56-51)35-29-31-37(32-30-35)58-45-28-12-9-23-40(45)48-47-39-22-8-11-27-44(39)57(36-19-5-2-6-20-36)52(47)49-41-24-13-17-33-18-14-25-42(46(33)41)50(49)53(48)58/h1-32H. The largest absolute Gasteiger partial charge is 0.309 e. The Morgan fingerprint density at radius 3 is 1.48 bits per heavy atom. The Bertz CT molecular complexity index is 3650. The van der Waals surface area contributed by atoms with Gasteiger partial charge in [-0.3, -0.25) is 0 Å². The number of para-hydroxylation sites is 4. The predicted octanol–water partition coefficient (Wildman–Crippen LogP) is 14.0. The molecule has 13 rings (SSSR count). The summed E-state index contributed by atoms with van der Waals surface area (Å²) in [5, 5.41) is 8.65. The second kappa shape index (κ2) is 11.8. The van der Waals surface area contributed by atoms with E-state index in [0.717, 1.165) is 39.1 Å². The van der Waals surface area contributed by atoms with E-state index >= 15 is 0 Å². The average molecular weight is 737 g/mol. The summed E-state index contributed by atoms with van der Waals surface area (Å²) in [7, 11) is 0. The van der Waals surface area contributed by atoms with Gasteiger partial charge in [0.1, 0.15) is 0 Å². The minimum Gasteiger partial charge on any atom is -0.309 e. The number of aromatic nitrogens is 4. The smallest absolute Gasteiger partial charge is 0.160 e. The summed E-state index contributed by atoms with van der Waals surface area (Å²) in [6.45, 7) is 0. The summed E-state index contributed by atoms with van der Waals surface area (Å²) in [6, 6.07) is 69.9. The molecule has 0 unspecified atom stereocenters. The van der Waals surface area contributed by atoms with Crippen molar-refractivity contribution in [2.75, 3.05) is 0 Å². The summed E-state index contributed by atoms with van der Waals surface area (Å²) in [6.07, 6.45) is 0. The van der Waals surface area contributed by atoms with E-state index in [1.807, 2.05) is 12.1 Å². The molecule has 12 aromatic rings. The molecule has 0 radical (unpaired) electrons. The lowest BCUT2D eigenvalue weighted by molar-refractivity contribution is 1.17. The van der Waals surface area contributed by atoms with Crippen molar-refractivity contribution in [3.8, 4) is 56.3 Å². The Kier molecular flexibility index (Phi) is 6.41. The molecule has 9 aromatic carbocycles. The third-order valence-electron chi connectivity index (χ3n) is 12.2. The number of benzene rings is 9. The van der Waals surface area contributed by atoms with E-state index in [0.29, 0.717) is 5.82 Å². The van der Waals surface area contributed by atoms with Crippen LogP contribution < -0.4 is 0 Å². The van der Waals surface area contributed by atoms with Crippen molar-refractivity contribution in [1.82, 2.24) is 19.1 Å². The first kappa shape index (κ1) is 31.4. The number of hydrogen-bond acceptors (Lipinski definition) is 2.